The van der Waals surface area contributed by atoms with Gasteiger partial charge in [0.2, 0.25) is 0 Å². The minimum absolute atomic E-state index is 0. The lowest BCUT2D eigenvalue weighted by molar-refractivity contribution is 0.194. The van der Waals surface area contributed by atoms with Gasteiger partial charge in [0.05, 0.1) is 12.1 Å². The Bertz CT molecular complexity index is 393. The molecule has 1 heterocycles. The second-order valence-corrected chi connectivity index (χ2v) is 5.22. The fourth-order valence-electron chi connectivity index (χ4n) is 2.45. The van der Waals surface area contributed by atoms with E-state index in [2.05, 4.69) is 16.3 Å². The fourth-order valence-corrected chi connectivity index (χ4v) is 2.73. The van der Waals surface area contributed by atoms with Crippen LogP contribution in [0, 0.1) is 0 Å². The van der Waals surface area contributed by atoms with Crippen LogP contribution in [0.1, 0.15) is 18.4 Å². The van der Waals surface area contributed by atoms with Crippen LogP contribution in [0.4, 0.5) is 0 Å². The summed E-state index contributed by atoms with van der Waals surface area (Å²) in [6.45, 7) is 3.27. The van der Waals surface area contributed by atoms with Gasteiger partial charge in [0.15, 0.2) is 0 Å². The molecule has 19 heavy (non-hydrogen) atoms. The van der Waals surface area contributed by atoms with Crippen LogP contribution in [0.15, 0.2) is 18.2 Å². The molecule has 1 aromatic rings. The molecule has 1 saturated heterocycles. The van der Waals surface area contributed by atoms with E-state index >= 15 is 0 Å². The summed E-state index contributed by atoms with van der Waals surface area (Å²) in [5.41, 5.74) is 1.25. The zero-order chi connectivity index (χ0) is 13.0. The third-order valence-electron chi connectivity index (χ3n) is 3.62. The van der Waals surface area contributed by atoms with Gasteiger partial charge < -0.3 is 10.1 Å². The second kappa shape index (κ2) is 7.95. The summed E-state index contributed by atoms with van der Waals surface area (Å²) < 4.78 is 5.16. The van der Waals surface area contributed by atoms with Crippen molar-refractivity contribution in [3.63, 3.8) is 0 Å². The Morgan fingerprint density at radius 3 is 2.58 bits per heavy atom. The van der Waals surface area contributed by atoms with Gasteiger partial charge in [-0.25, -0.2) is 0 Å². The second-order valence-electron chi connectivity index (χ2n) is 4.81. The summed E-state index contributed by atoms with van der Waals surface area (Å²) in [6.07, 6.45) is 2.45. The highest BCUT2D eigenvalue weighted by atomic mass is 35.5. The molecule has 0 saturated carbocycles. The van der Waals surface area contributed by atoms with Gasteiger partial charge >= 0.3 is 0 Å². The molecule has 0 spiro atoms. The lowest BCUT2D eigenvalue weighted by atomic mass is 10.0. The van der Waals surface area contributed by atoms with Crippen molar-refractivity contribution < 1.29 is 4.74 Å². The van der Waals surface area contributed by atoms with Gasteiger partial charge in [-0.15, -0.1) is 12.4 Å². The van der Waals surface area contributed by atoms with E-state index in [9.17, 15) is 0 Å². The maximum atomic E-state index is 6.14. The van der Waals surface area contributed by atoms with Crippen molar-refractivity contribution in [3.8, 4) is 5.75 Å². The predicted octanol–water partition coefficient (Wildman–Crippen LogP) is 2.95. The average molecular weight is 305 g/mol. The van der Waals surface area contributed by atoms with Crippen LogP contribution >= 0.6 is 24.0 Å². The summed E-state index contributed by atoms with van der Waals surface area (Å²) in [5.74, 6) is 0.745. The van der Waals surface area contributed by atoms with Crippen LogP contribution in [0.5, 0.6) is 5.75 Å². The van der Waals surface area contributed by atoms with Crippen molar-refractivity contribution >= 4 is 24.0 Å². The average Bonchev–Trinajstić information content (AvgIpc) is 2.40. The maximum Gasteiger partial charge on any atom is 0.137 e. The van der Waals surface area contributed by atoms with Crippen molar-refractivity contribution in [1.82, 2.24) is 10.2 Å². The van der Waals surface area contributed by atoms with E-state index in [-0.39, 0.29) is 12.4 Å². The molecular formula is C14H22Cl2N2O. The number of hydrogen-bond donors (Lipinski definition) is 1. The number of hydrogen-bond acceptors (Lipinski definition) is 3. The Kier molecular flexibility index (Phi) is 6.94. The highest BCUT2D eigenvalue weighted by molar-refractivity contribution is 6.32. The lowest BCUT2D eigenvalue weighted by Gasteiger charge is -2.31. The number of ether oxygens (including phenoxy) is 1. The van der Waals surface area contributed by atoms with E-state index in [1.807, 2.05) is 19.2 Å². The largest absolute Gasteiger partial charge is 0.495 e. The van der Waals surface area contributed by atoms with Gasteiger partial charge in [0, 0.05) is 12.6 Å². The highest BCUT2D eigenvalue weighted by Gasteiger charge is 2.17. The van der Waals surface area contributed by atoms with Crippen LogP contribution in [0.25, 0.3) is 0 Å². The molecule has 5 heteroatoms. The molecule has 0 aliphatic carbocycles. The molecule has 3 nitrogen and oxygen atoms in total. The minimum Gasteiger partial charge on any atom is -0.495 e. The summed E-state index contributed by atoms with van der Waals surface area (Å²) >= 11 is 6.14. The van der Waals surface area contributed by atoms with Crippen LogP contribution in [-0.4, -0.2) is 38.2 Å². The molecule has 1 N–H and O–H groups in total. The van der Waals surface area contributed by atoms with Gasteiger partial charge in [-0.05, 0) is 50.7 Å². The van der Waals surface area contributed by atoms with E-state index in [0.717, 1.165) is 25.4 Å². The maximum absolute atomic E-state index is 6.14. The van der Waals surface area contributed by atoms with Crippen LogP contribution < -0.4 is 10.1 Å². The van der Waals surface area contributed by atoms with E-state index in [4.69, 9.17) is 16.3 Å². The topological polar surface area (TPSA) is 24.5 Å². The molecule has 0 atom stereocenters. The van der Waals surface area contributed by atoms with Gasteiger partial charge in [-0.3, -0.25) is 4.90 Å². The molecule has 108 valence electrons. The normalized spacial score (nSPS) is 17.0. The molecule has 0 radical (unpaired) electrons. The SMILES string of the molecule is CNC1CCN(Cc2ccc(OC)c(Cl)c2)CC1.Cl. The third-order valence-corrected chi connectivity index (χ3v) is 3.91. The highest BCUT2D eigenvalue weighted by Crippen LogP contribution is 2.26. The summed E-state index contributed by atoms with van der Waals surface area (Å²) in [5, 5.41) is 4.04. The number of benzene rings is 1. The van der Waals surface area contributed by atoms with E-state index < -0.39 is 0 Å². The third kappa shape index (κ3) is 4.53. The number of likely N-dealkylation sites (tertiary alicyclic amines) is 1. The predicted molar refractivity (Wildman–Crippen MR) is 82.6 cm³/mol. The number of piperidine rings is 1. The lowest BCUT2D eigenvalue weighted by Crippen LogP contribution is -2.40. The Morgan fingerprint density at radius 2 is 2.05 bits per heavy atom. The zero-order valence-corrected chi connectivity index (χ0v) is 13.1. The number of nitrogens with one attached hydrogen (secondary N) is 1. The summed E-state index contributed by atoms with van der Waals surface area (Å²) in [6, 6.07) is 6.72. The molecule has 1 aliphatic rings. The number of rotatable bonds is 4. The quantitative estimate of drug-likeness (QED) is 0.925. The Balaban J connectivity index is 0.00000180. The first-order valence-electron chi connectivity index (χ1n) is 6.45. The van der Waals surface area contributed by atoms with Crippen LogP contribution in [0.3, 0.4) is 0 Å². The van der Waals surface area contributed by atoms with Crippen LogP contribution in [-0.2, 0) is 6.54 Å². The zero-order valence-electron chi connectivity index (χ0n) is 11.5. The number of methoxy groups -OCH3 is 1. The molecule has 0 bridgehead atoms. The molecule has 1 fully saturated rings. The summed E-state index contributed by atoms with van der Waals surface area (Å²) in [7, 11) is 3.69. The van der Waals surface area contributed by atoms with Crippen molar-refractivity contribution in [2.24, 2.45) is 0 Å². The molecule has 2 rings (SSSR count). The minimum atomic E-state index is 0. The van der Waals surface area contributed by atoms with Crippen LogP contribution in [0.2, 0.25) is 5.02 Å². The first-order chi connectivity index (χ1) is 8.72. The van der Waals surface area contributed by atoms with Gasteiger partial charge in [0.25, 0.3) is 0 Å². The Morgan fingerprint density at radius 1 is 1.37 bits per heavy atom. The smallest absolute Gasteiger partial charge is 0.137 e. The van der Waals surface area contributed by atoms with E-state index in [1.54, 1.807) is 7.11 Å². The Hall–Kier alpha value is -0.480. The first-order valence-corrected chi connectivity index (χ1v) is 6.82. The van der Waals surface area contributed by atoms with E-state index in [1.165, 1.54) is 18.4 Å². The van der Waals surface area contributed by atoms with Crippen molar-refractivity contribution in [1.29, 1.82) is 0 Å². The molecule has 0 aromatic heterocycles. The van der Waals surface area contributed by atoms with Gasteiger partial charge in [0.1, 0.15) is 5.75 Å². The van der Waals surface area contributed by atoms with Crippen molar-refractivity contribution in [2.75, 3.05) is 27.2 Å². The molecule has 1 aromatic carbocycles. The molecule has 1 aliphatic heterocycles. The fraction of sp³-hybridized carbons (Fsp3) is 0.571. The first kappa shape index (κ1) is 16.6. The van der Waals surface area contributed by atoms with Gasteiger partial charge in [-0.2, -0.15) is 0 Å². The summed E-state index contributed by atoms with van der Waals surface area (Å²) in [4.78, 5) is 2.48. The molecular weight excluding hydrogens is 283 g/mol. The van der Waals surface area contributed by atoms with Crippen molar-refractivity contribution in [3.05, 3.63) is 28.8 Å². The van der Waals surface area contributed by atoms with E-state index in [0.29, 0.717) is 11.1 Å². The molecule has 0 amide bonds. The Labute approximate surface area is 126 Å². The number of halogens is 2. The molecule has 0 unspecified atom stereocenters. The monoisotopic (exact) mass is 304 g/mol. The van der Waals surface area contributed by atoms with Crippen molar-refractivity contribution in [2.45, 2.75) is 25.4 Å². The van der Waals surface area contributed by atoms with Gasteiger partial charge in [-0.1, -0.05) is 17.7 Å². The number of nitrogens with zero attached hydrogens (tertiary/aromatic N) is 1. The standard InChI is InChI=1S/C14H21ClN2O.ClH/c1-16-12-5-7-17(8-6-12)10-11-3-4-14(18-2)13(15)9-11;/h3-4,9,12,16H,5-8,10H2,1-2H3;1H.